The third kappa shape index (κ3) is 3.29. The first-order valence-electron chi connectivity index (χ1n) is 4.95. The monoisotopic (exact) mass is 246 g/mol. The number of nitrogens with zero attached hydrogens (tertiary/aromatic N) is 3. The maximum absolute atomic E-state index is 10.8. The number of carbonyl (C=O) groups excluding carboxylic acids is 1. The van der Waals surface area contributed by atoms with Crippen molar-refractivity contribution >= 4 is 5.91 Å². The lowest BCUT2D eigenvalue weighted by Gasteiger charge is -2.40. The highest BCUT2D eigenvalue weighted by atomic mass is 16.6. The maximum Gasteiger partial charge on any atom is 0.217 e. The van der Waals surface area contributed by atoms with Crippen molar-refractivity contribution in [3.63, 3.8) is 0 Å². The van der Waals surface area contributed by atoms with Gasteiger partial charge in [-0.15, -0.1) is 0 Å². The van der Waals surface area contributed by atoms with E-state index in [1.54, 1.807) is 0 Å². The summed E-state index contributed by atoms with van der Waals surface area (Å²) in [7, 11) is 0. The van der Waals surface area contributed by atoms with Gasteiger partial charge in [-0.2, -0.15) is 0 Å². The summed E-state index contributed by atoms with van der Waals surface area (Å²) in [4.78, 5) is 13.3. The largest absolute Gasteiger partial charge is 0.388 e. The van der Waals surface area contributed by atoms with Crippen LogP contribution in [0.25, 0.3) is 10.4 Å². The van der Waals surface area contributed by atoms with Gasteiger partial charge in [-0.05, 0) is 5.53 Å². The molecule has 4 N–H and O–H groups in total. The smallest absolute Gasteiger partial charge is 0.217 e. The van der Waals surface area contributed by atoms with E-state index in [0.29, 0.717) is 0 Å². The predicted octanol–water partition coefficient (Wildman–Crippen LogP) is -1.76. The van der Waals surface area contributed by atoms with E-state index < -0.39 is 36.6 Å². The zero-order chi connectivity index (χ0) is 13.0. The summed E-state index contributed by atoms with van der Waals surface area (Å²) in [6.07, 6.45) is -5.25. The van der Waals surface area contributed by atoms with Gasteiger partial charge in [-0.25, -0.2) is 0 Å². The standard InChI is InChI=1S/C8H14N4O5/c1-3(13)11-5-7(15)6(14)4(2-10-12-9)17-8(5)16/h4-8,14-16H,2H2,1H3,(H,11,13)/t4-,5-,6-,7-,8+/m1/s1. The van der Waals surface area contributed by atoms with Crippen LogP contribution in [-0.4, -0.2) is 58.4 Å². The van der Waals surface area contributed by atoms with Crippen LogP contribution < -0.4 is 5.32 Å². The Kier molecular flexibility index (Phi) is 4.67. The number of rotatable bonds is 3. The van der Waals surface area contributed by atoms with Crippen LogP contribution >= 0.6 is 0 Å². The molecule has 0 unspecified atom stereocenters. The summed E-state index contributed by atoms with van der Waals surface area (Å²) in [5.41, 5.74) is 8.13. The van der Waals surface area contributed by atoms with E-state index in [-0.39, 0.29) is 6.54 Å². The fourth-order valence-corrected chi connectivity index (χ4v) is 1.60. The van der Waals surface area contributed by atoms with E-state index in [2.05, 4.69) is 15.3 Å². The molecule has 1 amide bonds. The van der Waals surface area contributed by atoms with E-state index in [0.717, 1.165) is 0 Å². The molecule has 96 valence electrons. The molecule has 0 saturated carbocycles. The van der Waals surface area contributed by atoms with Crippen molar-refractivity contribution < 1.29 is 24.9 Å². The van der Waals surface area contributed by atoms with Gasteiger partial charge in [0.05, 0.1) is 12.6 Å². The van der Waals surface area contributed by atoms with Gasteiger partial charge in [-0.1, -0.05) is 5.11 Å². The molecule has 1 heterocycles. The minimum Gasteiger partial charge on any atom is -0.388 e. The molecule has 1 rings (SSSR count). The van der Waals surface area contributed by atoms with Crippen molar-refractivity contribution in [2.24, 2.45) is 5.11 Å². The van der Waals surface area contributed by atoms with Crippen molar-refractivity contribution in [1.82, 2.24) is 5.32 Å². The number of hydrogen-bond donors (Lipinski definition) is 4. The number of ether oxygens (including phenoxy) is 1. The summed E-state index contributed by atoms with van der Waals surface area (Å²) in [5.74, 6) is -0.475. The van der Waals surface area contributed by atoms with E-state index in [1.165, 1.54) is 6.92 Å². The third-order valence-corrected chi connectivity index (χ3v) is 2.41. The minimum atomic E-state index is -1.48. The van der Waals surface area contributed by atoms with E-state index >= 15 is 0 Å². The molecule has 17 heavy (non-hydrogen) atoms. The number of nitrogens with one attached hydrogen (secondary N) is 1. The molecule has 1 aliphatic heterocycles. The molecular formula is C8H14N4O5. The van der Waals surface area contributed by atoms with Crippen LogP contribution in [0.2, 0.25) is 0 Å². The first-order chi connectivity index (χ1) is 7.97. The van der Waals surface area contributed by atoms with Gasteiger partial charge in [0.15, 0.2) is 6.29 Å². The number of aliphatic hydroxyl groups is 3. The quantitative estimate of drug-likeness (QED) is 0.264. The molecule has 0 spiro atoms. The number of aliphatic hydroxyl groups excluding tert-OH is 3. The average molecular weight is 246 g/mol. The molecule has 1 saturated heterocycles. The zero-order valence-corrected chi connectivity index (χ0v) is 9.09. The van der Waals surface area contributed by atoms with Gasteiger partial charge < -0.3 is 25.4 Å². The van der Waals surface area contributed by atoms with Crippen LogP contribution in [0.1, 0.15) is 6.92 Å². The van der Waals surface area contributed by atoms with Crippen molar-refractivity contribution in [2.45, 2.75) is 37.6 Å². The molecule has 0 aromatic carbocycles. The maximum atomic E-state index is 10.8. The summed E-state index contributed by atoms with van der Waals surface area (Å²) in [6.45, 7) is 0.983. The average Bonchev–Trinajstić information content (AvgIpc) is 2.27. The lowest BCUT2D eigenvalue weighted by molar-refractivity contribution is -0.244. The van der Waals surface area contributed by atoms with E-state index in [1.807, 2.05) is 0 Å². The Hall–Kier alpha value is -1.38. The van der Waals surface area contributed by atoms with Gasteiger partial charge in [0.2, 0.25) is 5.91 Å². The zero-order valence-electron chi connectivity index (χ0n) is 9.09. The second-order valence-corrected chi connectivity index (χ2v) is 3.69. The molecule has 0 radical (unpaired) electrons. The number of carbonyl (C=O) groups is 1. The molecule has 0 aromatic rings. The lowest BCUT2D eigenvalue weighted by Crippen LogP contribution is -2.63. The predicted molar refractivity (Wildman–Crippen MR) is 54.5 cm³/mol. The minimum absolute atomic E-state index is 0.224. The van der Waals surface area contributed by atoms with Crippen molar-refractivity contribution in [1.29, 1.82) is 0 Å². The van der Waals surface area contributed by atoms with Crippen LogP contribution in [-0.2, 0) is 9.53 Å². The summed E-state index contributed by atoms with van der Waals surface area (Å²) in [6, 6.07) is -1.12. The van der Waals surface area contributed by atoms with Crippen molar-refractivity contribution in [3.8, 4) is 0 Å². The van der Waals surface area contributed by atoms with Crippen LogP contribution in [0.3, 0.4) is 0 Å². The number of amides is 1. The summed E-state index contributed by atoms with van der Waals surface area (Å²) in [5, 5.41) is 34.3. The summed E-state index contributed by atoms with van der Waals surface area (Å²) >= 11 is 0. The molecule has 1 fully saturated rings. The van der Waals surface area contributed by atoms with Crippen molar-refractivity contribution in [2.75, 3.05) is 6.54 Å². The van der Waals surface area contributed by atoms with Crippen LogP contribution in [0, 0.1) is 0 Å². The van der Waals surface area contributed by atoms with Gasteiger partial charge in [0.1, 0.15) is 18.2 Å². The highest BCUT2D eigenvalue weighted by Gasteiger charge is 2.43. The number of azide groups is 1. The third-order valence-electron chi connectivity index (χ3n) is 2.41. The Morgan fingerprint density at radius 2 is 2.12 bits per heavy atom. The van der Waals surface area contributed by atoms with Crippen LogP contribution in [0.4, 0.5) is 0 Å². The molecule has 5 atom stereocenters. The lowest BCUT2D eigenvalue weighted by atomic mass is 9.97. The van der Waals surface area contributed by atoms with Gasteiger partial charge in [0, 0.05) is 11.8 Å². The normalized spacial score (nSPS) is 37.1. The topological polar surface area (TPSA) is 148 Å². The second-order valence-electron chi connectivity index (χ2n) is 3.69. The van der Waals surface area contributed by atoms with Crippen LogP contribution in [0.15, 0.2) is 5.11 Å². The fraction of sp³-hybridized carbons (Fsp3) is 0.875. The highest BCUT2D eigenvalue weighted by Crippen LogP contribution is 2.20. The Labute approximate surface area is 96.6 Å². The molecular weight excluding hydrogens is 232 g/mol. The van der Waals surface area contributed by atoms with Crippen molar-refractivity contribution in [3.05, 3.63) is 10.4 Å². The second kappa shape index (κ2) is 5.80. The van der Waals surface area contributed by atoms with E-state index in [4.69, 9.17) is 10.3 Å². The SMILES string of the molecule is CC(=O)N[C@@H]1[C@@H](O)[C@H](O)[C@@H](CN=[N+]=[N-])O[C@@H]1O. The van der Waals surface area contributed by atoms with E-state index in [9.17, 15) is 20.1 Å². The van der Waals surface area contributed by atoms with Gasteiger partial charge in [-0.3, -0.25) is 4.79 Å². The summed E-state index contributed by atoms with van der Waals surface area (Å²) < 4.78 is 4.95. The highest BCUT2D eigenvalue weighted by molar-refractivity contribution is 5.73. The first kappa shape index (κ1) is 13.7. The first-order valence-corrected chi connectivity index (χ1v) is 4.95. The Morgan fingerprint density at radius 3 is 2.65 bits per heavy atom. The Bertz CT molecular complexity index is 332. The Morgan fingerprint density at radius 1 is 1.47 bits per heavy atom. The number of hydrogen-bond acceptors (Lipinski definition) is 6. The molecule has 1 aliphatic rings. The molecule has 0 aliphatic carbocycles. The van der Waals surface area contributed by atoms with Crippen LogP contribution in [0.5, 0.6) is 0 Å². The molecule has 0 bridgehead atoms. The molecule has 0 aromatic heterocycles. The molecule has 9 heteroatoms. The molecule has 9 nitrogen and oxygen atoms in total. The Balaban J connectivity index is 2.71. The fourth-order valence-electron chi connectivity index (χ4n) is 1.60. The van der Waals surface area contributed by atoms with Gasteiger partial charge >= 0.3 is 0 Å². The van der Waals surface area contributed by atoms with Gasteiger partial charge in [0.25, 0.3) is 0 Å².